The van der Waals surface area contributed by atoms with E-state index in [1.54, 1.807) is 0 Å². The third-order valence-corrected chi connectivity index (χ3v) is 2.62. The highest BCUT2D eigenvalue weighted by atomic mass is 19.4. The maximum atomic E-state index is 12.5. The Balaban J connectivity index is 2.38. The molecule has 0 spiro atoms. The third kappa shape index (κ3) is 2.84. The number of rotatable bonds is 1. The van der Waals surface area contributed by atoms with E-state index in [9.17, 15) is 22.8 Å². The van der Waals surface area contributed by atoms with Gasteiger partial charge in [0, 0.05) is 0 Å². The molecule has 1 aromatic rings. The van der Waals surface area contributed by atoms with Crippen molar-refractivity contribution < 1.29 is 22.8 Å². The lowest BCUT2D eigenvalue weighted by atomic mass is 10.1. The van der Waals surface area contributed by atoms with Crippen molar-refractivity contribution in [2.45, 2.75) is 18.6 Å². The smallest absolute Gasteiger partial charge is 0.324 e. The van der Waals surface area contributed by atoms with Gasteiger partial charge in [-0.3, -0.25) is 9.59 Å². The maximum absolute atomic E-state index is 12.5. The predicted octanol–water partition coefficient (Wildman–Crippen LogP) is 1.53. The molecule has 8 heteroatoms. The molecule has 0 fully saturated rings. The molecule has 102 valence electrons. The molecule has 0 bridgehead atoms. The van der Waals surface area contributed by atoms with Crippen LogP contribution in [0.3, 0.4) is 0 Å². The Bertz CT molecular complexity index is 542. The summed E-state index contributed by atoms with van der Waals surface area (Å²) in [5.74, 6) is -1.11. The Kier molecular flexibility index (Phi) is 3.19. The van der Waals surface area contributed by atoms with Crippen molar-refractivity contribution in [2.24, 2.45) is 5.73 Å². The van der Waals surface area contributed by atoms with Crippen LogP contribution in [-0.2, 0) is 9.59 Å². The monoisotopic (exact) mass is 273 g/mol. The number of nitrogens with one attached hydrogen (secondary N) is 2. The summed E-state index contributed by atoms with van der Waals surface area (Å²) in [4.78, 5) is 22.6. The zero-order chi connectivity index (χ0) is 14.2. The molecule has 1 atom stereocenters. The fraction of sp³-hybridized carbons (Fsp3) is 0.273. The average Bonchev–Trinajstić information content (AvgIpc) is 2.42. The van der Waals surface area contributed by atoms with Crippen molar-refractivity contribution in [1.29, 1.82) is 0 Å². The van der Waals surface area contributed by atoms with E-state index in [1.807, 2.05) is 0 Å². The summed E-state index contributed by atoms with van der Waals surface area (Å²) in [6, 6.07) is 1.40. The van der Waals surface area contributed by atoms with E-state index in [-0.39, 0.29) is 23.4 Å². The largest absolute Gasteiger partial charge is 0.407 e. The third-order valence-electron chi connectivity index (χ3n) is 2.62. The van der Waals surface area contributed by atoms with Crippen LogP contribution in [0.25, 0.3) is 0 Å². The fourth-order valence-corrected chi connectivity index (χ4v) is 1.69. The molecule has 5 nitrogen and oxygen atoms in total. The molecule has 2 amide bonds. The van der Waals surface area contributed by atoms with E-state index >= 15 is 0 Å². The Morgan fingerprint density at radius 2 is 1.68 bits per heavy atom. The van der Waals surface area contributed by atoms with Gasteiger partial charge in [0.2, 0.25) is 11.8 Å². The molecule has 1 aliphatic heterocycles. The molecule has 0 radical (unpaired) electrons. The summed E-state index contributed by atoms with van der Waals surface area (Å²) in [6.45, 7) is 0. The Morgan fingerprint density at radius 1 is 1.11 bits per heavy atom. The van der Waals surface area contributed by atoms with Crippen LogP contribution in [0.15, 0.2) is 18.2 Å². The SMILES string of the molecule is NC(c1ccc2c(c1)NC(=O)CC(=O)N2)C(F)(F)F. The number of halogens is 3. The van der Waals surface area contributed by atoms with Crippen molar-refractivity contribution in [3.63, 3.8) is 0 Å². The Hall–Kier alpha value is -2.09. The van der Waals surface area contributed by atoms with Gasteiger partial charge in [-0.25, -0.2) is 0 Å². The van der Waals surface area contributed by atoms with Crippen LogP contribution in [0.4, 0.5) is 24.5 Å². The van der Waals surface area contributed by atoms with Crippen molar-refractivity contribution in [1.82, 2.24) is 0 Å². The zero-order valence-corrected chi connectivity index (χ0v) is 9.54. The molecule has 0 saturated carbocycles. The normalized spacial score (nSPS) is 17.1. The van der Waals surface area contributed by atoms with Crippen molar-refractivity contribution >= 4 is 23.2 Å². The lowest BCUT2D eigenvalue weighted by Gasteiger charge is -2.17. The van der Waals surface area contributed by atoms with Crippen LogP contribution < -0.4 is 16.4 Å². The minimum absolute atomic E-state index is 0.105. The standard InChI is InChI=1S/C11H10F3N3O2/c12-11(13,14)10(15)5-1-2-6-7(3-5)17-9(19)4-8(18)16-6/h1-3,10H,4,15H2,(H,16,18)(H,17,19). The first-order valence-electron chi connectivity index (χ1n) is 5.33. The first kappa shape index (κ1) is 13.3. The number of hydrogen-bond donors (Lipinski definition) is 3. The molecule has 1 aromatic carbocycles. The number of carbonyl (C=O) groups is 2. The molecule has 1 unspecified atom stereocenters. The second-order valence-electron chi connectivity index (χ2n) is 4.10. The van der Waals surface area contributed by atoms with Gasteiger partial charge in [-0.2, -0.15) is 13.2 Å². The number of amides is 2. The highest BCUT2D eigenvalue weighted by Gasteiger charge is 2.38. The molecule has 0 aliphatic carbocycles. The van der Waals surface area contributed by atoms with Crippen LogP contribution in [0.5, 0.6) is 0 Å². The predicted molar refractivity (Wildman–Crippen MR) is 61.3 cm³/mol. The van der Waals surface area contributed by atoms with Gasteiger partial charge < -0.3 is 16.4 Å². The van der Waals surface area contributed by atoms with Gasteiger partial charge in [0.25, 0.3) is 0 Å². The molecule has 19 heavy (non-hydrogen) atoms. The van der Waals surface area contributed by atoms with Crippen LogP contribution in [0.1, 0.15) is 18.0 Å². The van der Waals surface area contributed by atoms with Crippen LogP contribution in [0.2, 0.25) is 0 Å². The Morgan fingerprint density at radius 3 is 2.26 bits per heavy atom. The summed E-state index contributed by atoms with van der Waals surface area (Å²) in [7, 11) is 0. The van der Waals surface area contributed by atoms with Gasteiger partial charge in [0.1, 0.15) is 12.5 Å². The minimum atomic E-state index is -4.58. The number of fused-ring (bicyclic) bond motifs is 1. The lowest BCUT2D eigenvalue weighted by molar-refractivity contribution is -0.149. The summed E-state index contributed by atoms with van der Waals surface area (Å²) >= 11 is 0. The van der Waals surface area contributed by atoms with Gasteiger partial charge in [0.05, 0.1) is 11.4 Å². The topological polar surface area (TPSA) is 84.2 Å². The molecule has 0 aromatic heterocycles. The van der Waals surface area contributed by atoms with E-state index in [0.29, 0.717) is 0 Å². The number of hydrogen-bond acceptors (Lipinski definition) is 3. The van der Waals surface area contributed by atoms with E-state index in [0.717, 1.165) is 12.1 Å². The molecular weight excluding hydrogens is 263 g/mol. The molecule has 2 rings (SSSR count). The van der Waals surface area contributed by atoms with Crippen molar-refractivity contribution in [3.8, 4) is 0 Å². The number of anilines is 2. The number of carbonyl (C=O) groups excluding carboxylic acids is 2. The highest BCUT2D eigenvalue weighted by molar-refractivity contribution is 6.13. The number of nitrogens with two attached hydrogens (primary N) is 1. The van der Waals surface area contributed by atoms with Crippen LogP contribution in [-0.4, -0.2) is 18.0 Å². The molecule has 0 saturated heterocycles. The fourth-order valence-electron chi connectivity index (χ4n) is 1.69. The Labute approximate surface area is 106 Å². The van der Waals surface area contributed by atoms with Crippen molar-refractivity contribution in [3.05, 3.63) is 23.8 Å². The highest BCUT2D eigenvalue weighted by Crippen LogP contribution is 2.34. The second kappa shape index (κ2) is 4.54. The van der Waals surface area contributed by atoms with Crippen LogP contribution >= 0.6 is 0 Å². The second-order valence-corrected chi connectivity index (χ2v) is 4.10. The number of benzene rings is 1. The average molecular weight is 273 g/mol. The summed E-state index contributed by atoms with van der Waals surface area (Å²) in [5.41, 5.74) is 5.24. The summed E-state index contributed by atoms with van der Waals surface area (Å²) < 4.78 is 37.5. The quantitative estimate of drug-likeness (QED) is 0.678. The maximum Gasteiger partial charge on any atom is 0.407 e. The summed E-state index contributed by atoms with van der Waals surface area (Å²) in [6.07, 6.45) is -4.96. The van der Waals surface area contributed by atoms with E-state index < -0.39 is 24.0 Å². The molecule has 4 N–H and O–H groups in total. The van der Waals surface area contributed by atoms with E-state index in [1.165, 1.54) is 6.07 Å². The number of alkyl halides is 3. The minimum Gasteiger partial charge on any atom is -0.324 e. The zero-order valence-electron chi connectivity index (χ0n) is 9.54. The van der Waals surface area contributed by atoms with Gasteiger partial charge >= 0.3 is 6.18 Å². The molecule has 1 heterocycles. The van der Waals surface area contributed by atoms with Gasteiger partial charge in [-0.15, -0.1) is 0 Å². The molecule has 1 aliphatic rings. The van der Waals surface area contributed by atoms with E-state index in [4.69, 9.17) is 5.73 Å². The first-order valence-corrected chi connectivity index (χ1v) is 5.33. The first-order chi connectivity index (χ1) is 8.77. The lowest BCUT2D eigenvalue weighted by Crippen LogP contribution is -2.28. The van der Waals surface area contributed by atoms with Gasteiger partial charge in [0.15, 0.2) is 0 Å². The van der Waals surface area contributed by atoms with Crippen LogP contribution in [0, 0.1) is 0 Å². The van der Waals surface area contributed by atoms with E-state index in [2.05, 4.69) is 10.6 Å². The van der Waals surface area contributed by atoms with Crippen molar-refractivity contribution in [2.75, 3.05) is 10.6 Å². The van der Waals surface area contributed by atoms with Gasteiger partial charge in [-0.05, 0) is 17.7 Å². The molecular formula is C11H10F3N3O2. The summed E-state index contributed by atoms with van der Waals surface area (Å²) in [5, 5.41) is 4.77. The van der Waals surface area contributed by atoms with Gasteiger partial charge in [-0.1, -0.05) is 6.07 Å².